The number of ether oxygens (including phenoxy) is 1. The third-order valence-corrected chi connectivity index (χ3v) is 3.84. The molecule has 0 bridgehead atoms. The standard InChI is InChI=1S/C16H17F3N2O/c17-16(18,19)11-12-2-1-3-13(10-12)15-20-6-7-21(15)14-4-8-22-9-5-14/h1-3,6-7,10,14H,4-5,8-9,11H2. The van der Waals surface area contributed by atoms with Gasteiger partial charge in [0, 0.05) is 37.2 Å². The lowest BCUT2D eigenvalue weighted by molar-refractivity contribution is -0.127. The molecule has 3 nitrogen and oxygen atoms in total. The van der Waals surface area contributed by atoms with Crippen LogP contribution < -0.4 is 0 Å². The Morgan fingerprint density at radius 1 is 1.23 bits per heavy atom. The van der Waals surface area contributed by atoms with E-state index in [1.54, 1.807) is 24.4 Å². The van der Waals surface area contributed by atoms with Crippen molar-refractivity contribution in [2.75, 3.05) is 13.2 Å². The molecule has 0 N–H and O–H groups in total. The van der Waals surface area contributed by atoms with Gasteiger partial charge in [-0.1, -0.05) is 18.2 Å². The molecule has 1 aromatic carbocycles. The first-order chi connectivity index (χ1) is 10.5. The number of halogens is 3. The Kier molecular flexibility index (Phi) is 4.20. The first-order valence-electron chi connectivity index (χ1n) is 7.29. The van der Waals surface area contributed by atoms with E-state index in [0.717, 1.165) is 24.2 Å². The van der Waals surface area contributed by atoms with Gasteiger partial charge in [0.05, 0.1) is 6.42 Å². The molecule has 0 amide bonds. The second-order valence-corrected chi connectivity index (χ2v) is 5.49. The summed E-state index contributed by atoms with van der Waals surface area (Å²) in [6, 6.07) is 6.82. The number of hydrogen-bond acceptors (Lipinski definition) is 2. The van der Waals surface area contributed by atoms with Gasteiger partial charge in [-0.15, -0.1) is 0 Å². The lowest BCUT2D eigenvalue weighted by Crippen LogP contribution is -2.19. The van der Waals surface area contributed by atoms with E-state index in [-0.39, 0.29) is 11.6 Å². The van der Waals surface area contributed by atoms with E-state index in [4.69, 9.17) is 4.74 Å². The molecule has 1 aromatic heterocycles. The van der Waals surface area contributed by atoms with Crippen molar-refractivity contribution in [2.24, 2.45) is 0 Å². The third-order valence-electron chi connectivity index (χ3n) is 3.84. The SMILES string of the molecule is FC(F)(F)Cc1cccc(-c2nccn2C2CCOCC2)c1. The molecule has 1 aliphatic rings. The number of aromatic nitrogens is 2. The number of rotatable bonds is 3. The second kappa shape index (κ2) is 6.12. The van der Waals surface area contributed by atoms with Crippen molar-refractivity contribution in [3.63, 3.8) is 0 Å². The molecular formula is C16H17F3N2O. The summed E-state index contributed by atoms with van der Waals surface area (Å²) in [7, 11) is 0. The predicted octanol–water partition coefficient (Wildman–Crippen LogP) is 4.01. The summed E-state index contributed by atoms with van der Waals surface area (Å²) in [5.74, 6) is 0.718. The molecule has 0 saturated carbocycles. The number of nitrogens with zero attached hydrogens (tertiary/aromatic N) is 2. The van der Waals surface area contributed by atoms with Crippen molar-refractivity contribution >= 4 is 0 Å². The minimum atomic E-state index is -4.20. The molecule has 3 rings (SSSR count). The van der Waals surface area contributed by atoms with Gasteiger partial charge in [0.25, 0.3) is 0 Å². The van der Waals surface area contributed by atoms with E-state index >= 15 is 0 Å². The van der Waals surface area contributed by atoms with Crippen molar-refractivity contribution in [1.29, 1.82) is 0 Å². The molecule has 2 aromatic rings. The van der Waals surface area contributed by atoms with Crippen LogP contribution in [0.5, 0.6) is 0 Å². The predicted molar refractivity (Wildman–Crippen MR) is 76.5 cm³/mol. The van der Waals surface area contributed by atoms with E-state index in [1.165, 1.54) is 6.07 Å². The summed E-state index contributed by atoms with van der Waals surface area (Å²) < 4.78 is 45.1. The monoisotopic (exact) mass is 310 g/mol. The Morgan fingerprint density at radius 3 is 2.73 bits per heavy atom. The van der Waals surface area contributed by atoms with Crippen LogP contribution in [-0.2, 0) is 11.2 Å². The molecule has 1 saturated heterocycles. The molecule has 1 aliphatic heterocycles. The van der Waals surface area contributed by atoms with Crippen LogP contribution in [0.15, 0.2) is 36.7 Å². The zero-order chi connectivity index (χ0) is 15.6. The van der Waals surface area contributed by atoms with Gasteiger partial charge in [0.2, 0.25) is 0 Å². The van der Waals surface area contributed by atoms with E-state index in [0.29, 0.717) is 13.2 Å². The van der Waals surface area contributed by atoms with Crippen molar-refractivity contribution in [3.05, 3.63) is 42.2 Å². The second-order valence-electron chi connectivity index (χ2n) is 5.49. The molecular weight excluding hydrogens is 293 g/mol. The minimum Gasteiger partial charge on any atom is -0.381 e. The smallest absolute Gasteiger partial charge is 0.381 e. The molecule has 1 fully saturated rings. The van der Waals surface area contributed by atoms with Crippen LogP contribution in [0, 0.1) is 0 Å². The Bertz CT molecular complexity index is 630. The molecule has 0 atom stereocenters. The van der Waals surface area contributed by atoms with Gasteiger partial charge < -0.3 is 9.30 Å². The number of benzene rings is 1. The summed E-state index contributed by atoms with van der Waals surface area (Å²) in [5.41, 5.74) is 0.977. The van der Waals surface area contributed by atoms with Gasteiger partial charge in [-0.05, 0) is 24.5 Å². The minimum absolute atomic E-state index is 0.256. The van der Waals surface area contributed by atoms with Crippen LogP contribution in [-0.4, -0.2) is 28.9 Å². The van der Waals surface area contributed by atoms with Gasteiger partial charge >= 0.3 is 6.18 Å². The van der Waals surface area contributed by atoms with Crippen LogP contribution in [0.2, 0.25) is 0 Å². The summed E-state index contributed by atoms with van der Waals surface area (Å²) in [5, 5.41) is 0. The molecule has 0 radical (unpaired) electrons. The summed E-state index contributed by atoms with van der Waals surface area (Å²) in [6.45, 7) is 1.41. The van der Waals surface area contributed by atoms with Crippen molar-refractivity contribution in [2.45, 2.75) is 31.5 Å². The highest BCUT2D eigenvalue weighted by molar-refractivity contribution is 5.57. The number of imidazole rings is 1. The Hall–Kier alpha value is -1.82. The number of alkyl halides is 3. The lowest BCUT2D eigenvalue weighted by Gasteiger charge is -2.25. The average Bonchev–Trinajstić information content (AvgIpc) is 2.96. The first kappa shape index (κ1) is 15.1. The topological polar surface area (TPSA) is 27.1 Å². The molecule has 22 heavy (non-hydrogen) atoms. The Morgan fingerprint density at radius 2 is 2.00 bits per heavy atom. The molecule has 0 unspecified atom stereocenters. The fourth-order valence-electron chi connectivity index (χ4n) is 2.85. The van der Waals surface area contributed by atoms with E-state index in [9.17, 15) is 13.2 Å². The van der Waals surface area contributed by atoms with Crippen LogP contribution in [0.1, 0.15) is 24.4 Å². The van der Waals surface area contributed by atoms with E-state index in [1.807, 2.05) is 6.20 Å². The zero-order valence-electron chi connectivity index (χ0n) is 12.0. The van der Waals surface area contributed by atoms with Crippen molar-refractivity contribution < 1.29 is 17.9 Å². The van der Waals surface area contributed by atoms with E-state index in [2.05, 4.69) is 9.55 Å². The maximum atomic E-state index is 12.6. The van der Waals surface area contributed by atoms with Gasteiger partial charge in [-0.25, -0.2) is 4.98 Å². The first-order valence-corrected chi connectivity index (χ1v) is 7.29. The largest absolute Gasteiger partial charge is 0.393 e. The maximum absolute atomic E-state index is 12.6. The van der Waals surface area contributed by atoms with Crippen LogP contribution in [0.4, 0.5) is 13.2 Å². The molecule has 118 valence electrons. The molecule has 2 heterocycles. The fraction of sp³-hybridized carbons (Fsp3) is 0.438. The summed E-state index contributed by atoms with van der Waals surface area (Å²) >= 11 is 0. The Balaban J connectivity index is 1.88. The molecule has 0 aliphatic carbocycles. The fourth-order valence-corrected chi connectivity index (χ4v) is 2.85. The average molecular weight is 310 g/mol. The van der Waals surface area contributed by atoms with Crippen LogP contribution in [0.3, 0.4) is 0 Å². The van der Waals surface area contributed by atoms with Crippen LogP contribution >= 0.6 is 0 Å². The Labute approximate surface area is 126 Å². The quantitative estimate of drug-likeness (QED) is 0.856. The zero-order valence-corrected chi connectivity index (χ0v) is 12.0. The normalized spacial score (nSPS) is 16.9. The highest BCUT2D eigenvalue weighted by atomic mass is 19.4. The highest BCUT2D eigenvalue weighted by Gasteiger charge is 2.28. The number of hydrogen-bond donors (Lipinski definition) is 0. The summed E-state index contributed by atoms with van der Waals surface area (Å²) in [4.78, 5) is 4.34. The summed E-state index contributed by atoms with van der Waals surface area (Å²) in [6.07, 6.45) is 0.258. The van der Waals surface area contributed by atoms with Gasteiger partial charge in [0.1, 0.15) is 5.82 Å². The lowest BCUT2D eigenvalue weighted by atomic mass is 10.1. The molecule has 6 heteroatoms. The van der Waals surface area contributed by atoms with Gasteiger partial charge in [-0.2, -0.15) is 13.2 Å². The highest BCUT2D eigenvalue weighted by Crippen LogP contribution is 2.29. The van der Waals surface area contributed by atoms with Gasteiger partial charge in [0.15, 0.2) is 0 Å². The third kappa shape index (κ3) is 3.50. The maximum Gasteiger partial charge on any atom is 0.393 e. The van der Waals surface area contributed by atoms with Crippen LogP contribution in [0.25, 0.3) is 11.4 Å². The van der Waals surface area contributed by atoms with Crippen molar-refractivity contribution in [3.8, 4) is 11.4 Å². The van der Waals surface area contributed by atoms with E-state index < -0.39 is 12.6 Å². The van der Waals surface area contributed by atoms with Gasteiger partial charge in [-0.3, -0.25) is 0 Å². The molecule has 0 spiro atoms. The van der Waals surface area contributed by atoms with Crippen molar-refractivity contribution in [1.82, 2.24) is 9.55 Å².